The number of hydrogen-bond donors (Lipinski definition) is 4. The largest absolute Gasteiger partial charge is 0.507 e. The molecule has 0 spiro atoms. The Balaban J connectivity index is 2.11. The third-order valence-corrected chi connectivity index (χ3v) is 4.64. The number of carbonyl (C=O) groups excluding carboxylic acids is 1. The van der Waals surface area contributed by atoms with Crippen LogP contribution in [0.15, 0.2) is 29.8 Å². The summed E-state index contributed by atoms with van der Waals surface area (Å²) in [7, 11) is 1.37. The van der Waals surface area contributed by atoms with Gasteiger partial charge in [-0.1, -0.05) is 11.6 Å². The maximum Gasteiger partial charge on any atom is 0.174 e. The lowest BCUT2D eigenvalue weighted by Gasteiger charge is -2.28. The molecule has 0 bridgehead atoms. The minimum absolute atomic E-state index is 0.0106. The number of ketones is 1. The summed E-state index contributed by atoms with van der Waals surface area (Å²) in [5, 5.41) is 40.5. The van der Waals surface area contributed by atoms with Gasteiger partial charge >= 0.3 is 0 Å². The number of benzene rings is 2. The monoisotopic (exact) mass is 386 g/mol. The van der Waals surface area contributed by atoms with E-state index in [9.17, 15) is 25.2 Å². The number of carbonyl (C=O) groups is 1. The minimum atomic E-state index is -0.874. The molecule has 2 aromatic rings. The first-order chi connectivity index (χ1) is 13.2. The molecule has 1 aliphatic heterocycles. The van der Waals surface area contributed by atoms with E-state index in [1.54, 1.807) is 0 Å². The van der Waals surface area contributed by atoms with Gasteiger partial charge in [0.05, 0.1) is 13.5 Å². The molecule has 0 aromatic heterocycles. The summed E-state index contributed by atoms with van der Waals surface area (Å²) < 4.78 is 11.0. The molecule has 1 atom stereocenters. The zero-order valence-electron chi connectivity index (χ0n) is 15.8. The molecule has 0 unspecified atom stereocenters. The average molecular weight is 386 g/mol. The van der Waals surface area contributed by atoms with Gasteiger partial charge in [-0.3, -0.25) is 4.79 Å². The smallest absolute Gasteiger partial charge is 0.174 e. The number of ether oxygens (including phenoxy) is 2. The normalized spacial score (nSPS) is 15.5. The van der Waals surface area contributed by atoms with Gasteiger partial charge in [-0.2, -0.15) is 0 Å². The highest BCUT2D eigenvalue weighted by Gasteiger charge is 2.35. The van der Waals surface area contributed by atoms with Crippen molar-refractivity contribution in [3.05, 3.63) is 46.5 Å². The Morgan fingerprint density at radius 1 is 1.11 bits per heavy atom. The van der Waals surface area contributed by atoms with Gasteiger partial charge in [-0.25, -0.2) is 0 Å². The van der Waals surface area contributed by atoms with E-state index < -0.39 is 6.10 Å². The summed E-state index contributed by atoms with van der Waals surface area (Å²) in [5.41, 5.74) is 1.65. The van der Waals surface area contributed by atoms with Gasteiger partial charge in [-0.15, -0.1) is 0 Å². The zero-order chi connectivity index (χ0) is 20.6. The molecule has 4 N–H and O–H groups in total. The number of fused-ring (bicyclic) bond motifs is 1. The molecule has 1 aliphatic rings. The zero-order valence-corrected chi connectivity index (χ0v) is 15.8. The van der Waals surface area contributed by atoms with Crippen molar-refractivity contribution in [3.63, 3.8) is 0 Å². The number of allylic oxidation sites excluding steroid dienone is 2. The summed E-state index contributed by atoms with van der Waals surface area (Å²) in [4.78, 5) is 12.7. The molecular weight excluding hydrogens is 364 g/mol. The second-order valence-electron chi connectivity index (χ2n) is 6.90. The van der Waals surface area contributed by atoms with Gasteiger partial charge in [-0.05, 0) is 26.3 Å². The predicted octanol–water partition coefficient (Wildman–Crippen LogP) is 3.73. The van der Waals surface area contributed by atoms with E-state index in [1.807, 2.05) is 19.9 Å². The lowest BCUT2D eigenvalue weighted by Crippen LogP contribution is -2.22. The summed E-state index contributed by atoms with van der Waals surface area (Å²) in [6.07, 6.45) is 1.17. The molecule has 7 heteroatoms. The van der Waals surface area contributed by atoms with Crippen molar-refractivity contribution in [3.8, 4) is 34.5 Å². The van der Waals surface area contributed by atoms with Gasteiger partial charge in [0.15, 0.2) is 17.3 Å². The van der Waals surface area contributed by atoms with E-state index >= 15 is 0 Å². The Hall–Kier alpha value is -3.35. The molecule has 2 aromatic carbocycles. The Morgan fingerprint density at radius 3 is 2.43 bits per heavy atom. The Kier molecular flexibility index (Phi) is 5.09. The summed E-state index contributed by atoms with van der Waals surface area (Å²) in [6.45, 7) is 3.80. The topological polar surface area (TPSA) is 116 Å². The van der Waals surface area contributed by atoms with Crippen LogP contribution in [0.1, 0.15) is 47.9 Å². The van der Waals surface area contributed by atoms with E-state index in [2.05, 4.69) is 0 Å². The molecule has 148 valence electrons. The molecular formula is C21H22O7. The van der Waals surface area contributed by atoms with Crippen LogP contribution in [0.3, 0.4) is 0 Å². The lowest BCUT2D eigenvalue weighted by atomic mass is 9.92. The van der Waals surface area contributed by atoms with Crippen molar-refractivity contribution >= 4 is 5.78 Å². The Bertz CT molecular complexity index is 971. The molecule has 1 heterocycles. The predicted molar refractivity (Wildman–Crippen MR) is 102 cm³/mol. The third kappa shape index (κ3) is 3.43. The number of rotatable bonds is 4. The van der Waals surface area contributed by atoms with E-state index in [0.717, 1.165) is 17.7 Å². The summed E-state index contributed by atoms with van der Waals surface area (Å²) in [5.74, 6) is -1.21. The minimum Gasteiger partial charge on any atom is -0.507 e. The van der Waals surface area contributed by atoms with Gasteiger partial charge in [0.25, 0.3) is 0 Å². The van der Waals surface area contributed by atoms with Gasteiger partial charge < -0.3 is 29.9 Å². The fraction of sp³-hybridized carbons (Fsp3) is 0.286. The maximum atomic E-state index is 12.7. The first-order valence-corrected chi connectivity index (χ1v) is 8.73. The number of phenols is 4. The summed E-state index contributed by atoms with van der Waals surface area (Å²) >= 11 is 0. The van der Waals surface area contributed by atoms with Gasteiger partial charge in [0.2, 0.25) is 0 Å². The molecule has 0 amide bonds. The highest BCUT2D eigenvalue weighted by Crippen LogP contribution is 2.47. The van der Waals surface area contributed by atoms with E-state index in [0.29, 0.717) is 12.0 Å². The molecule has 3 rings (SSSR count). The van der Waals surface area contributed by atoms with Crippen LogP contribution in [-0.2, 0) is 6.42 Å². The molecule has 0 saturated carbocycles. The third-order valence-electron chi connectivity index (χ3n) is 4.64. The van der Waals surface area contributed by atoms with E-state index in [1.165, 1.54) is 13.2 Å². The first kappa shape index (κ1) is 19.4. The van der Waals surface area contributed by atoms with Gasteiger partial charge in [0, 0.05) is 23.3 Å². The molecule has 28 heavy (non-hydrogen) atoms. The van der Waals surface area contributed by atoms with Crippen LogP contribution >= 0.6 is 0 Å². The van der Waals surface area contributed by atoms with E-state index in [-0.39, 0.29) is 57.8 Å². The van der Waals surface area contributed by atoms with Crippen LogP contribution in [0.2, 0.25) is 0 Å². The van der Waals surface area contributed by atoms with Gasteiger partial charge in [0.1, 0.15) is 34.7 Å². The SMILES string of the molecule is COc1cc([C@H]2CC(=O)c3c(O)cc(O)c(CC=C(C)C)c3O2)c(O)cc1O. The lowest BCUT2D eigenvalue weighted by molar-refractivity contribution is 0.0839. The number of phenolic OH excluding ortho intramolecular Hbond substituents is 4. The number of Topliss-reactive ketones (excluding diaryl/α,β-unsaturated/α-hetero) is 1. The highest BCUT2D eigenvalue weighted by molar-refractivity contribution is 6.03. The quantitative estimate of drug-likeness (QED) is 0.592. The van der Waals surface area contributed by atoms with Crippen LogP contribution in [0.25, 0.3) is 0 Å². The number of aromatic hydroxyl groups is 4. The van der Waals surface area contributed by atoms with Crippen molar-refractivity contribution in [2.24, 2.45) is 0 Å². The fourth-order valence-electron chi connectivity index (χ4n) is 3.20. The second kappa shape index (κ2) is 7.34. The Morgan fingerprint density at radius 2 is 1.79 bits per heavy atom. The van der Waals surface area contributed by atoms with Crippen molar-refractivity contribution in [1.82, 2.24) is 0 Å². The van der Waals surface area contributed by atoms with Crippen molar-refractivity contribution in [2.45, 2.75) is 32.8 Å². The maximum absolute atomic E-state index is 12.7. The fourth-order valence-corrected chi connectivity index (χ4v) is 3.20. The number of methoxy groups -OCH3 is 1. The van der Waals surface area contributed by atoms with Crippen molar-refractivity contribution in [2.75, 3.05) is 7.11 Å². The van der Waals surface area contributed by atoms with Crippen LogP contribution in [0, 0.1) is 0 Å². The molecule has 0 aliphatic carbocycles. The van der Waals surface area contributed by atoms with E-state index in [4.69, 9.17) is 9.47 Å². The molecule has 0 saturated heterocycles. The van der Waals surface area contributed by atoms with Crippen molar-refractivity contribution < 1.29 is 34.7 Å². The van der Waals surface area contributed by atoms with Crippen LogP contribution in [-0.4, -0.2) is 33.3 Å². The van der Waals surface area contributed by atoms with Crippen molar-refractivity contribution in [1.29, 1.82) is 0 Å². The highest BCUT2D eigenvalue weighted by atomic mass is 16.5. The van der Waals surface area contributed by atoms with Crippen LogP contribution in [0.5, 0.6) is 34.5 Å². The van der Waals surface area contributed by atoms with Crippen LogP contribution < -0.4 is 9.47 Å². The average Bonchev–Trinajstić information content (AvgIpc) is 2.60. The number of hydrogen-bond acceptors (Lipinski definition) is 7. The Labute approximate surface area is 162 Å². The standard InChI is InChI=1S/C21H22O7/c1-10(2)4-5-11-13(22)8-16(25)20-17(26)9-18(28-21(11)20)12-6-19(27-3)15(24)7-14(12)23/h4,6-8,18,22-25H,5,9H2,1-3H3/t18-/m1/s1. The molecule has 0 fully saturated rings. The molecule has 0 radical (unpaired) electrons. The summed E-state index contributed by atoms with van der Waals surface area (Å²) in [6, 6.07) is 3.64. The molecule has 7 nitrogen and oxygen atoms in total. The van der Waals surface area contributed by atoms with Crippen LogP contribution in [0.4, 0.5) is 0 Å². The first-order valence-electron chi connectivity index (χ1n) is 8.73. The second-order valence-corrected chi connectivity index (χ2v) is 6.90.